The van der Waals surface area contributed by atoms with Crippen LogP contribution in [0.2, 0.25) is 0 Å². The molecule has 1 aromatic carbocycles. The molecule has 0 spiro atoms. The molecule has 0 saturated heterocycles. The van der Waals surface area contributed by atoms with Crippen molar-refractivity contribution in [1.82, 2.24) is 10.3 Å². The summed E-state index contributed by atoms with van der Waals surface area (Å²) in [5, 5.41) is 12.4. The highest BCUT2D eigenvalue weighted by atomic mass is 16.4. The Labute approximate surface area is 97.1 Å². The number of nitrogens with one attached hydrogen (secondary N) is 2. The van der Waals surface area contributed by atoms with E-state index in [1.54, 1.807) is 12.1 Å². The fraction of sp³-hybridized carbons (Fsp3) is 0.167. The molecule has 1 unspecified atom stereocenters. The molecule has 0 radical (unpaired) electrons. The molecule has 0 bridgehead atoms. The molecule has 2 rings (SSSR count). The highest BCUT2D eigenvalue weighted by Crippen LogP contribution is 2.14. The van der Waals surface area contributed by atoms with Gasteiger partial charge in [0, 0.05) is 11.1 Å². The Hall–Kier alpha value is -2.14. The number of hydrogen-bond acceptors (Lipinski definition) is 3. The summed E-state index contributed by atoms with van der Waals surface area (Å²) in [5.41, 5.74) is 0.519. The fourth-order valence-corrected chi connectivity index (χ4v) is 1.79. The molecule has 0 fully saturated rings. The second-order valence-electron chi connectivity index (χ2n) is 3.70. The predicted octanol–water partition coefficient (Wildman–Crippen LogP) is 0.873. The van der Waals surface area contributed by atoms with E-state index in [-0.39, 0.29) is 11.1 Å². The Balaban J connectivity index is 2.65. The van der Waals surface area contributed by atoms with Crippen molar-refractivity contribution in [2.75, 3.05) is 7.05 Å². The molecule has 17 heavy (non-hydrogen) atoms. The van der Waals surface area contributed by atoms with E-state index in [1.165, 1.54) is 7.05 Å². The molecule has 5 nitrogen and oxygen atoms in total. The first-order valence-corrected chi connectivity index (χ1v) is 5.15. The Kier molecular flexibility index (Phi) is 2.93. The third-order valence-corrected chi connectivity index (χ3v) is 2.63. The van der Waals surface area contributed by atoms with E-state index in [9.17, 15) is 9.59 Å². The number of aromatic nitrogens is 1. The number of hydrogen-bond donors (Lipinski definition) is 3. The standard InChI is InChI=1S/C12H12N2O3/c1-13-10(12(16)17)8-6-7-4-2-3-5-9(7)14-11(8)15/h2-6,10,13H,1H3,(H,14,15)(H,16,17). The number of aromatic amines is 1. The Morgan fingerprint density at radius 3 is 2.76 bits per heavy atom. The topological polar surface area (TPSA) is 82.2 Å². The minimum absolute atomic E-state index is 0.207. The number of para-hydroxylation sites is 1. The summed E-state index contributed by atoms with van der Waals surface area (Å²) in [6, 6.07) is 7.84. The number of rotatable bonds is 3. The smallest absolute Gasteiger partial charge is 0.325 e. The molecule has 1 heterocycles. The molecule has 3 N–H and O–H groups in total. The maximum atomic E-state index is 11.8. The Bertz CT molecular complexity index is 618. The highest BCUT2D eigenvalue weighted by molar-refractivity contribution is 5.81. The van der Waals surface area contributed by atoms with Crippen molar-refractivity contribution in [3.8, 4) is 0 Å². The monoisotopic (exact) mass is 232 g/mol. The summed E-state index contributed by atoms with van der Waals surface area (Å²) in [5.74, 6) is -1.08. The van der Waals surface area contributed by atoms with Gasteiger partial charge in [-0.1, -0.05) is 18.2 Å². The quantitative estimate of drug-likeness (QED) is 0.733. The molecule has 88 valence electrons. The van der Waals surface area contributed by atoms with E-state index in [1.807, 2.05) is 18.2 Å². The van der Waals surface area contributed by atoms with E-state index >= 15 is 0 Å². The number of carbonyl (C=O) groups is 1. The molecular weight excluding hydrogens is 220 g/mol. The van der Waals surface area contributed by atoms with Gasteiger partial charge in [0.05, 0.1) is 0 Å². The molecule has 0 saturated carbocycles. The number of aliphatic carboxylic acids is 1. The summed E-state index contributed by atoms with van der Waals surface area (Å²) in [4.78, 5) is 25.5. The minimum atomic E-state index is -1.08. The maximum absolute atomic E-state index is 11.8. The van der Waals surface area contributed by atoms with Gasteiger partial charge < -0.3 is 15.4 Å². The number of H-pyrrole nitrogens is 1. The van der Waals surface area contributed by atoms with E-state index in [0.717, 1.165) is 5.39 Å². The van der Waals surface area contributed by atoms with Gasteiger partial charge in [0.25, 0.3) is 5.56 Å². The molecule has 0 aliphatic rings. The molecule has 1 aromatic heterocycles. The van der Waals surface area contributed by atoms with Crippen LogP contribution in [0.4, 0.5) is 0 Å². The third kappa shape index (κ3) is 2.05. The first kappa shape index (κ1) is 11.3. The predicted molar refractivity (Wildman–Crippen MR) is 64.0 cm³/mol. The van der Waals surface area contributed by atoms with Crippen LogP contribution in [0.15, 0.2) is 35.1 Å². The molecular formula is C12H12N2O3. The number of fused-ring (bicyclic) bond motifs is 1. The van der Waals surface area contributed by atoms with Crippen molar-refractivity contribution in [2.45, 2.75) is 6.04 Å². The van der Waals surface area contributed by atoms with Gasteiger partial charge in [-0.25, -0.2) is 0 Å². The second kappa shape index (κ2) is 4.39. The van der Waals surface area contributed by atoms with Crippen molar-refractivity contribution in [3.63, 3.8) is 0 Å². The van der Waals surface area contributed by atoms with Crippen LogP contribution >= 0.6 is 0 Å². The fourth-order valence-electron chi connectivity index (χ4n) is 1.79. The number of likely N-dealkylation sites (N-methyl/N-ethyl adjacent to an activating group) is 1. The zero-order valence-corrected chi connectivity index (χ0v) is 9.23. The van der Waals surface area contributed by atoms with Gasteiger partial charge in [0.1, 0.15) is 6.04 Å². The minimum Gasteiger partial charge on any atom is -0.480 e. The summed E-state index contributed by atoms with van der Waals surface area (Å²) < 4.78 is 0. The van der Waals surface area contributed by atoms with Crippen LogP contribution in [0.1, 0.15) is 11.6 Å². The molecule has 2 aromatic rings. The van der Waals surface area contributed by atoms with Gasteiger partial charge in [-0.15, -0.1) is 0 Å². The summed E-state index contributed by atoms with van der Waals surface area (Å²) in [7, 11) is 1.51. The largest absolute Gasteiger partial charge is 0.480 e. The maximum Gasteiger partial charge on any atom is 0.325 e. The summed E-state index contributed by atoms with van der Waals surface area (Å²) in [6.07, 6.45) is 0. The van der Waals surface area contributed by atoms with Crippen LogP contribution in [-0.2, 0) is 4.79 Å². The van der Waals surface area contributed by atoms with Gasteiger partial charge in [-0.05, 0) is 24.6 Å². The van der Waals surface area contributed by atoms with Crippen LogP contribution in [0, 0.1) is 0 Å². The number of pyridine rings is 1. The summed E-state index contributed by atoms with van der Waals surface area (Å²) in [6.45, 7) is 0. The van der Waals surface area contributed by atoms with Gasteiger partial charge in [0.15, 0.2) is 0 Å². The van der Waals surface area contributed by atoms with E-state index in [0.29, 0.717) is 5.52 Å². The normalized spacial score (nSPS) is 12.5. The molecule has 0 amide bonds. The average molecular weight is 232 g/mol. The Morgan fingerprint density at radius 1 is 1.41 bits per heavy atom. The molecule has 0 aliphatic carbocycles. The molecule has 5 heteroatoms. The zero-order valence-electron chi connectivity index (χ0n) is 9.23. The lowest BCUT2D eigenvalue weighted by Gasteiger charge is -2.11. The van der Waals surface area contributed by atoms with Gasteiger partial charge in [-0.2, -0.15) is 0 Å². The van der Waals surface area contributed by atoms with Crippen LogP contribution in [0.3, 0.4) is 0 Å². The lowest BCUT2D eigenvalue weighted by atomic mass is 10.1. The number of carboxylic acids is 1. The van der Waals surface area contributed by atoms with Crippen molar-refractivity contribution in [1.29, 1.82) is 0 Å². The van der Waals surface area contributed by atoms with Crippen molar-refractivity contribution in [3.05, 3.63) is 46.2 Å². The molecule has 0 aliphatic heterocycles. The van der Waals surface area contributed by atoms with Gasteiger partial charge in [-0.3, -0.25) is 9.59 Å². The van der Waals surface area contributed by atoms with Crippen LogP contribution in [0.5, 0.6) is 0 Å². The van der Waals surface area contributed by atoms with Gasteiger partial charge >= 0.3 is 5.97 Å². The zero-order chi connectivity index (χ0) is 12.4. The van der Waals surface area contributed by atoms with Crippen LogP contribution in [-0.4, -0.2) is 23.1 Å². The van der Waals surface area contributed by atoms with Crippen LogP contribution in [0.25, 0.3) is 10.9 Å². The SMILES string of the molecule is CNC(C(=O)O)c1cc2ccccc2[nH]c1=O. The van der Waals surface area contributed by atoms with Gasteiger partial charge in [0.2, 0.25) is 0 Å². The first-order valence-electron chi connectivity index (χ1n) is 5.15. The van der Waals surface area contributed by atoms with Crippen LogP contribution < -0.4 is 10.9 Å². The highest BCUT2D eigenvalue weighted by Gasteiger charge is 2.20. The lowest BCUT2D eigenvalue weighted by molar-refractivity contribution is -0.139. The van der Waals surface area contributed by atoms with E-state index < -0.39 is 12.0 Å². The first-order chi connectivity index (χ1) is 8.13. The number of benzene rings is 1. The van der Waals surface area contributed by atoms with E-state index in [2.05, 4.69) is 10.3 Å². The second-order valence-corrected chi connectivity index (χ2v) is 3.70. The average Bonchev–Trinajstić information content (AvgIpc) is 2.30. The van der Waals surface area contributed by atoms with Crippen molar-refractivity contribution in [2.24, 2.45) is 0 Å². The van der Waals surface area contributed by atoms with E-state index in [4.69, 9.17) is 5.11 Å². The lowest BCUT2D eigenvalue weighted by Crippen LogP contribution is -2.30. The Morgan fingerprint density at radius 2 is 2.12 bits per heavy atom. The molecule has 1 atom stereocenters. The van der Waals surface area contributed by atoms with Crippen molar-refractivity contribution < 1.29 is 9.90 Å². The third-order valence-electron chi connectivity index (χ3n) is 2.63. The summed E-state index contributed by atoms with van der Waals surface area (Å²) >= 11 is 0. The van der Waals surface area contributed by atoms with Crippen molar-refractivity contribution >= 4 is 16.9 Å². The number of carboxylic acid groups (broad SMARTS) is 1.